The number of aliphatic hydroxyl groups excluding tert-OH is 1. The maximum atomic E-state index is 9.00. The second kappa shape index (κ2) is 3.98. The first kappa shape index (κ1) is 10.1. The van der Waals surface area contributed by atoms with Gasteiger partial charge in [0.25, 0.3) is 0 Å². The normalized spacial score (nSPS) is 19.6. The van der Waals surface area contributed by atoms with E-state index in [1.54, 1.807) is 0 Å². The number of rotatable bonds is 2. The molecule has 0 amide bonds. The molecule has 0 saturated heterocycles. The topological polar surface area (TPSA) is 58.7 Å². The molecule has 2 rings (SSSR count). The van der Waals surface area contributed by atoms with Crippen LogP contribution in [0.4, 0.5) is 11.4 Å². The lowest BCUT2D eigenvalue weighted by Crippen LogP contribution is -2.40. The van der Waals surface area contributed by atoms with Crippen LogP contribution in [0.3, 0.4) is 0 Å². The van der Waals surface area contributed by atoms with Crippen molar-refractivity contribution in [1.82, 2.24) is 0 Å². The summed E-state index contributed by atoms with van der Waals surface area (Å²) in [7, 11) is 0. The van der Waals surface area contributed by atoms with Crippen molar-refractivity contribution in [2.45, 2.75) is 13.0 Å². The lowest BCUT2D eigenvalue weighted by atomic mass is 10.1. The van der Waals surface area contributed by atoms with Crippen molar-refractivity contribution in [1.29, 1.82) is 0 Å². The molecule has 1 aliphatic rings. The fraction of sp³-hybridized carbons (Fsp3) is 0.455. The predicted molar refractivity (Wildman–Crippen MR) is 60.2 cm³/mol. The smallest absolute Gasteiger partial charge is 0.145 e. The number of nitrogens with two attached hydrogens (primary N) is 1. The van der Waals surface area contributed by atoms with E-state index in [1.165, 1.54) is 0 Å². The number of anilines is 2. The van der Waals surface area contributed by atoms with Crippen LogP contribution in [0.2, 0.25) is 0 Å². The second-order valence-corrected chi connectivity index (χ2v) is 3.79. The molecule has 0 saturated carbocycles. The van der Waals surface area contributed by atoms with Gasteiger partial charge in [0.15, 0.2) is 0 Å². The molecule has 1 aliphatic heterocycles. The van der Waals surface area contributed by atoms with E-state index < -0.39 is 0 Å². The molecule has 3 N–H and O–H groups in total. The molecule has 0 aliphatic carbocycles. The van der Waals surface area contributed by atoms with Gasteiger partial charge in [-0.25, -0.2) is 0 Å². The molecule has 0 spiro atoms. The molecule has 4 nitrogen and oxygen atoms in total. The largest absolute Gasteiger partial charge is 0.487 e. The Labute approximate surface area is 89.3 Å². The molecule has 0 bridgehead atoms. The lowest BCUT2D eigenvalue weighted by Gasteiger charge is -2.35. The number of nitrogens with zero attached hydrogens (tertiary/aromatic N) is 1. The molecule has 1 aromatic carbocycles. The molecule has 0 fully saturated rings. The number of hydrogen-bond acceptors (Lipinski definition) is 4. The maximum absolute atomic E-state index is 9.00. The van der Waals surface area contributed by atoms with Crippen LogP contribution in [0.1, 0.15) is 6.92 Å². The van der Waals surface area contributed by atoms with Gasteiger partial charge in [0.1, 0.15) is 17.5 Å². The number of ether oxygens (including phenoxy) is 1. The molecule has 4 heteroatoms. The zero-order valence-electron chi connectivity index (χ0n) is 8.81. The summed E-state index contributed by atoms with van der Waals surface area (Å²) in [4.78, 5) is 2.07. The summed E-state index contributed by atoms with van der Waals surface area (Å²) < 4.78 is 5.69. The highest BCUT2D eigenvalue weighted by Crippen LogP contribution is 2.37. The zero-order chi connectivity index (χ0) is 10.8. The Hall–Kier alpha value is -1.42. The molecule has 1 unspecified atom stereocenters. The summed E-state index contributed by atoms with van der Waals surface area (Å²) in [5.74, 6) is 0.808. The second-order valence-electron chi connectivity index (χ2n) is 3.79. The lowest BCUT2D eigenvalue weighted by molar-refractivity contribution is 0.207. The summed E-state index contributed by atoms with van der Waals surface area (Å²) in [6.45, 7) is 3.49. The third-order valence-corrected chi connectivity index (χ3v) is 2.52. The molecule has 15 heavy (non-hydrogen) atoms. The Morgan fingerprint density at radius 2 is 2.40 bits per heavy atom. The number of nitrogen functional groups attached to an aromatic ring is 1. The Morgan fingerprint density at radius 1 is 1.60 bits per heavy atom. The van der Waals surface area contributed by atoms with Crippen LogP contribution in [0, 0.1) is 0 Å². The quantitative estimate of drug-likeness (QED) is 0.707. The summed E-state index contributed by atoms with van der Waals surface area (Å²) in [6.07, 6.45) is 0.130. The van der Waals surface area contributed by atoms with E-state index in [1.807, 2.05) is 25.1 Å². The van der Waals surface area contributed by atoms with Crippen LogP contribution in [0.25, 0.3) is 0 Å². The maximum Gasteiger partial charge on any atom is 0.145 e. The standard InChI is InChI=1S/C11H16N2O2/c1-8-7-13(5-6-14)11-9(12)3-2-4-10(11)15-8/h2-4,8,14H,5-7,12H2,1H3. The fourth-order valence-electron chi connectivity index (χ4n) is 1.95. The minimum atomic E-state index is 0.125. The third-order valence-electron chi connectivity index (χ3n) is 2.52. The van der Waals surface area contributed by atoms with Crippen molar-refractivity contribution in [3.05, 3.63) is 18.2 Å². The van der Waals surface area contributed by atoms with Gasteiger partial charge in [0.05, 0.1) is 18.8 Å². The molecule has 1 aromatic rings. The average Bonchev–Trinajstić information content (AvgIpc) is 2.17. The van der Waals surface area contributed by atoms with Crippen molar-refractivity contribution in [3.63, 3.8) is 0 Å². The van der Waals surface area contributed by atoms with E-state index in [2.05, 4.69) is 4.90 Å². The molecule has 0 radical (unpaired) electrons. The number of hydrogen-bond donors (Lipinski definition) is 2. The Kier molecular flexibility index (Phi) is 2.68. The van der Waals surface area contributed by atoms with Gasteiger partial charge in [0.2, 0.25) is 0 Å². The van der Waals surface area contributed by atoms with Crippen molar-refractivity contribution in [2.24, 2.45) is 0 Å². The fourth-order valence-corrected chi connectivity index (χ4v) is 1.95. The Bertz CT molecular complexity index is 354. The van der Waals surface area contributed by atoms with Gasteiger partial charge in [-0.2, -0.15) is 0 Å². The van der Waals surface area contributed by atoms with Crippen molar-refractivity contribution >= 4 is 11.4 Å². The summed E-state index contributed by atoms with van der Waals surface area (Å²) >= 11 is 0. The van der Waals surface area contributed by atoms with E-state index in [0.717, 1.165) is 18.0 Å². The highest BCUT2D eigenvalue weighted by Gasteiger charge is 2.24. The first-order chi connectivity index (χ1) is 7.22. The number of benzene rings is 1. The van der Waals surface area contributed by atoms with Gasteiger partial charge < -0.3 is 20.5 Å². The van der Waals surface area contributed by atoms with Crippen LogP contribution in [0.15, 0.2) is 18.2 Å². The number of fused-ring (bicyclic) bond motifs is 1. The van der Waals surface area contributed by atoms with E-state index in [0.29, 0.717) is 12.2 Å². The Balaban J connectivity index is 2.38. The number of aliphatic hydroxyl groups is 1. The highest BCUT2D eigenvalue weighted by atomic mass is 16.5. The van der Waals surface area contributed by atoms with Crippen LogP contribution in [0.5, 0.6) is 5.75 Å². The van der Waals surface area contributed by atoms with Gasteiger partial charge in [-0.3, -0.25) is 0 Å². The van der Waals surface area contributed by atoms with Gasteiger partial charge in [-0.05, 0) is 19.1 Å². The molecular weight excluding hydrogens is 192 g/mol. The van der Waals surface area contributed by atoms with Gasteiger partial charge >= 0.3 is 0 Å². The van der Waals surface area contributed by atoms with Crippen LogP contribution in [-0.2, 0) is 0 Å². The molecule has 82 valence electrons. The summed E-state index contributed by atoms with van der Waals surface area (Å²) in [5.41, 5.74) is 7.51. The summed E-state index contributed by atoms with van der Waals surface area (Å²) in [5, 5.41) is 9.00. The minimum absolute atomic E-state index is 0.125. The minimum Gasteiger partial charge on any atom is -0.487 e. The van der Waals surface area contributed by atoms with Crippen LogP contribution >= 0.6 is 0 Å². The van der Waals surface area contributed by atoms with E-state index >= 15 is 0 Å². The first-order valence-corrected chi connectivity index (χ1v) is 5.13. The Morgan fingerprint density at radius 3 is 3.13 bits per heavy atom. The monoisotopic (exact) mass is 208 g/mol. The molecule has 0 aromatic heterocycles. The van der Waals surface area contributed by atoms with Crippen LogP contribution < -0.4 is 15.4 Å². The molecular formula is C11H16N2O2. The van der Waals surface area contributed by atoms with Gasteiger partial charge in [0, 0.05) is 6.54 Å². The number of para-hydroxylation sites is 1. The van der Waals surface area contributed by atoms with E-state index in [4.69, 9.17) is 15.6 Å². The van der Waals surface area contributed by atoms with Gasteiger partial charge in [-0.15, -0.1) is 0 Å². The highest BCUT2D eigenvalue weighted by molar-refractivity contribution is 5.75. The molecule has 1 heterocycles. The number of β-amino-alcohol motifs (C(OH)–C–C–N with tert-alkyl or cyclic N) is 1. The summed E-state index contributed by atoms with van der Waals surface area (Å²) in [6, 6.07) is 5.64. The van der Waals surface area contributed by atoms with Crippen molar-refractivity contribution in [2.75, 3.05) is 30.3 Å². The third kappa shape index (κ3) is 1.85. The van der Waals surface area contributed by atoms with Crippen molar-refractivity contribution in [3.8, 4) is 5.75 Å². The predicted octanol–water partition coefficient (Wildman–Crippen LogP) is 0.848. The SMILES string of the molecule is CC1CN(CCO)c2c(N)cccc2O1. The van der Waals surface area contributed by atoms with Crippen molar-refractivity contribution < 1.29 is 9.84 Å². The first-order valence-electron chi connectivity index (χ1n) is 5.13. The van der Waals surface area contributed by atoms with E-state index in [9.17, 15) is 0 Å². The molecule has 1 atom stereocenters. The van der Waals surface area contributed by atoms with Crippen LogP contribution in [-0.4, -0.2) is 30.9 Å². The van der Waals surface area contributed by atoms with E-state index in [-0.39, 0.29) is 12.7 Å². The van der Waals surface area contributed by atoms with Gasteiger partial charge in [-0.1, -0.05) is 6.07 Å². The average molecular weight is 208 g/mol. The zero-order valence-corrected chi connectivity index (χ0v) is 8.81.